The van der Waals surface area contributed by atoms with Crippen LogP contribution in [0.4, 0.5) is 10.2 Å². The molecule has 172 valence electrons. The quantitative estimate of drug-likeness (QED) is 0.556. The minimum Gasteiger partial charge on any atom is -0.311 e. The molecule has 2 aliphatic heterocycles. The van der Waals surface area contributed by atoms with Crippen LogP contribution >= 0.6 is 11.8 Å². The van der Waals surface area contributed by atoms with Crippen molar-refractivity contribution >= 4 is 34.4 Å². The molecule has 0 saturated carbocycles. The van der Waals surface area contributed by atoms with Gasteiger partial charge in [0, 0.05) is 32.2 Å². The molecule has 1 fully saturated rings. The molecule has 0 unspecified atom stereocenters. The third-order valence-corrected chi connectivity index (χ3v) is 7.28. The number of halogens is 1. The van der Waals surface area contributed by atoms with E-state index in [4.69, 9.17) is 0 Å². The number of anilines is 1. The fraction of sp³-hybridized carbons (Fsp3) is 0.375. The Morgan fingerprint density at radius 1 is 1.15 bits per heavy atom. The number of fused-ring (bicyclic) bond motifs is 2. The van der Waals surface area contributed by atoms with Crippen LogP contribution in [0, 0.1) is 11.7 Å². The van der Waals surface area contributed by atoms with Crippen LogP contribution in [0.15, 0.2) is 52.2 Å². The smallest absolute Gasteiger partial charge is 0.251 e. The highest BCUT2D eigenvalue weighted by Crippen LogP contribution is 2.29. The number of pyridine rings is 2. The maximum absolute atomic E-state index is 13.7. The monoisotopic (exact) mass is 467 g/mol. The summed E-state index contributed by atoms with van der Waals surface area (Å²) in [7, 11) is 0. The Kier molecular flexibility index (Phi) is 6.43. The van der Waals surface area contributed by atoms with E-state index in [0.29, 0.717) is 36.1 Å². The van der Waals surface area contributed by atoms with Gasteiger partial charge in [0.15, 0.2) is 0 Å². The molecule has 9 heteroatoms. The van der Waals surface area contributed by atoms with Gasteiger partial charge in [0.05, 0.1) is 21.9 Å². The van der Waals surface area contributed by atoms with Crippen molar-refractivity contribution in [2.24, 2.45) is 5.92 Å². The van der Waals surface area contributed by atoms with Gasteiger partial charge in [-0.2, -0.15) is 0 Å². The summed E-state index contributed by atoms with van der Waals surface area (Å²) in [5.41, 5.74) is 1.46. The Balaban J connectivity index is 1.12. The van der Waals surface area contributed by atoms with Crippen molar-refractivity contribution in [3.63, 3.8) is 0 Å². The van der Waals surface area contributed by atoms with Crippen LogP contribution in [0.1, 0.15) is 12.1 Å². The van der Waals surface area contributed by atoms with E-state index < -0.39 is 0 Å². The second-order valence-corrected chi connectivity index (χ2v) is 9.62. The number of hydrogen-bond donors (Lipinski definition) is 2. The predicted octanol–water partition coefficient (Wildman–Crippen LogP) is 2.69. The Labute approximate surface area is 195 Å². The van der Waals surface area contributed by atoms with Crippen LogP contribution in [0.2, 0.25) is 0 Å². The van der Waals surface area contributed by atoms with Gasteiger partial charge in [-0.05, 0) is 67.2 Å². The molecule has 0 radical (unpaired) electrons. The summed E-state index contributed by atoms with van der Waals surface area (Å²) in [6, 6.07) is 11.9. The van der Waals surface area contributed by atoms with Crippen molar-refractivity contribution in [2.45, 2.75) is 24.4 Å². The van der Waals surface area contributed by atoms with E-state index >= 15 is 0 Å². The summed E-state index contributed by atoms with van der Waals surface area (Å²) >= 11 is 1.51. The molecule has 1 saturated heterocycles. The molecular formula is C24H26FN5O2S. The van der Waals surface area contributed by atoms with Crippen LogP contribution in [0.5, 0.6) is 0 Å². The summed E-state index contributed by atoms with van der Waals surface area (Å²) < 4.78 is 15.4. The summed E-state index contributed by atoms with van der Waals surface area (Å²) in [4.78, 5) is 31.9. The molecule has 33 heavy (non-hydrogen) atoms. The zero-order valence-corrected chi connectivity index (χ0v) is 19.0. The van der Waals surface area contributed by atoms with Crippen LogP contribution in [0.3, 0.4) is 0 Å². The number of carbonyl (C=O) groups excluding carboxylic acids is 1. The van der Waals surface area contributed by atoms with Crippen molar-refractivity contribution in [2.75, 3.05) is 37.2 Å². The highest BCUT2D eigenvalue weighted by Gasteiger charge is 2.22. The predicted molar refractivity (Wildman–Crippen MR) is 128 cm³/mol. The van der Waals surface area contributed by atoms with Gasteiger partial charge in [-0.15, -0.1) is 11.8 Å². The van der Waals surface area contributed by atoms with E-state index in [1.165, 1.54) is 23.9 Å². The largest absolute Gasteiger partial charge is 0.311 e. The van der Waals surface area contributed by atoms with Crippen molar-refractivity contribution in [3.8, 4) is 0 Å². The first-order chi connectivity index (χ1) is 16.0. The SMILES string of the molecule is O=C1CSc2ccc(CNC[C@@H]3CCN(CCn4c(=O)ccc5ccc(F)cc54)C3)nc2N1. The lowest BCUT2D eigenvalue weighted by molar-refractivity contribution is -0.113. The van der Waals surface area contributed by atoms with Crippen LogP contribution in [0.25, 0.3) is 10.9 Å². The highest BCUT2D eigenvalue weighted by atomic mass is 32.2. The van der Waals surface area contributed by atoms with Gasteiger partial charge >= 0.3 is 0 Å². The lowest BCUT2D eigenvalue weighted by atomic mass is 10.1. The number of nitrogens with zero attached hydrogens (tertiary/aromatic N) is 3. The van der Waals surface area contributed by atoms with Gasteiger partial charge in [-0.1, -0.05) is 0 Å². The summed E-state index contributed by atoms with van der Waals surface area (Å²) in [5.74, 6) is 1.29. The zero-order chi connectivity index (χ0) is 22.8. The van der Waals surface area contributed by atoms with E-state index in [1.807, 2.05) is 12.1 Å². The Morgan fingerprint density at radius 2 is 2.03 bits per heavy atom. The topological polar surface area (TPSA) is 79.3 Å². The van der Waals surface area contributed by atoms with Crippen LogP contribution < -0.4 is 16.2 Å². The van der Waals surface area contributed by atoms with Crippen molar-refractivity contribution in [1.29, 1.82) is 0 Å². The van der Waals surface area contributed by atoms with Crippen LogP contribution in [-0.4, -0.2) is 52.3 Å². The van der Waals surface area contributed by atoms with Gasteiger partial charge < -0.3 is 20.1 Å². The van der Waals surface area contributed by atoms with E-state index in [-0.39, 0.29) is 17.3 Å². The molecule has 7 nitrogen and oxygen atoms in total. The third kappa shape index (κ3) is 5.10. The molecule has 0 bridgehead atoms. The number of aromatic nitrogens is 2. The summed E-state index contributed by atoms with van der Waals surface area (Å²) in [6.07, 6.45) is 1.09. The van der Waals surface area contributed by atoms with E-state index in [0.717, 1.165) is 48.6 Å². The number of benzene rings is 1. The maximum Gasteiger partial charge on any atom is 0.251 e. The minimum atomic E-state index is -0.330. The molecule has 4 heterocycles. The average Bonchev–Trinajstić information content (AvgIpc) is 3.26. The van der Waals surface area contributed by atoms with E-state index in [9.17, 15) is 14.0 Å². The van der Waals surface area contributed by atoms with Gasteiger partial charge in [-0.25, -0.2) is 9.37 Å². The highest BCUT2D eigenvalue weighted by molar-refractivity contribution is 8.00. The van der Waals surface area contributed by atoms with E-state index in [2.05, 4.69) is 20.5 Å². The average molecular weight is 468 g/mol. The van der Waals surface area contributed by atoms with Gasteiger partial charge in [-0.3, -0.25) is 9.59 Å². The van der Waals surface area contributed by atoms with E-state index in [1.54, 1.807) is 22.8 Å². The lowest BCUT2D eigenvalue weighted by Gasteiger charge is -2.18. The Bertz CT molecular complexity index is 1250. The molecule has 0 aliphatic carbocycles. The molecule has 2 N–H and O–H groups in total. The molecule has 2 aromatic heterocycles. The molecule has 1 atom stereocenters. The molecule has 1 amide bonds. The second kappa shape index (κ2) is 9.62. The number of nitrogens with one attached hydrogen (secondary N) is 2. The minimum absolute atomic E-state index is 0.00736. The van der Waals surface area contributed by atoms with Crippen molar-refractivity contribution < 1.29 is 9.18 Å². The first kappa shape index (κ1) is 22.1. The first-order valence-electron chi connectivity index (χ1n) is 11.2. The summed E-state index contributed by atoms with van der Waals surface area (Å²) in [5, 5.41) is 7.19. The normalized spacial score (nSPS) is 18.5. The number of likely N-dealkylation sites (tertiary alicyclic amines) is 1. The maximum atomic E-state index is 13.7. The lowest BCUT2D eigenvalue weighted by Crippen LogP contribution is -2.31. The summed E-state index contributed by atoms with van der Waals surface area (Å²) in [6.45, 7) is 4.79. The number of hydrogen-bond acceptors (Lipinski definition) is 6. The number of rotatable bonds is 7. The van der Waals surface area contributed by atoms with Gasteiger partial charge in [0.25, 0.3) is 5.56 Å². The van der Waals surface area contributed by atoms with Gasteiger partial charge in [0.2, 0.25) is 5.91 Å². The number of amides is 1. The zero-order valence-electron chi connectivity index (χ0n) is 18.2. The number of carbonyl (C=O) groups is 1. The Hall–Kier alpha value is -2.75. The second-order valence-electron chi connectivity index (χ2n) is 8.60. The molecule has 5 rings (SSSR count). The molecule has 2 aliphatic rings. The molecule has 1 aromatic carbocycles. The van der Waals surface area contributed by atoms with Crippen LogP contribution in [-0.2, 0) is 17.9 Å². The molecule has 3 aromatic rings. The van der Waals surface area contributed by atoms with Gasteiger partial charge in [0.1, 0.15) is 11.6 Å². The number of thioether (sulfide) groups is 1. The molecule has 0 spiro atoms. The fourth-order valence-corrected chi connectivity index (χ4v) is 5.28. The standard InChI is InChI=1S/C24H26FN5O2S/c25-18-3-1-17-2-6-23(32)30(20(17)11-18)10-9-29-8-7-16(14-29)12-26-13-19-4-5-21-24(27-19)28-22(31)15-33-21/h1-6,11,16,26H,7-10,12-15H2,(H,27,28,31)/t16-/m0/s1. The third-order valence-electron chi connectivity index (χ3n) is 6.24. The first-order valence-corrected chi connectivity index (χ1v) is 12.2. The fourth-order valence-electron chi connectivity index (χ4n) is 4.52. The Morgan fingerprint density at radius 3 is 2.94 bits per heavy atom. The molecular weight excluding hydrogens is 441 g/mol. The van der Waals surface area contributed by atoms with Crippen molar-refractivity contribution in [3.05, 3.63) is 64.3 Å². The van der Waals surface area contributed by atoms with Crippen molar-refractivity contribution in [1.82, 2.24) is 19.8 Å².